The Hall–Kier alpha value is -2.24. The molecule has 2 rings (SSSR count). The Morgan fingerprint density at radius 2 is 1.48 bits per heavy atom. The van der Waals surface area contributed by atoms with Crippen LogP contribution in [0.2, 0.25) is 0 Å². The van der Waals surface area contributed by atoms with Gasteiger partial charge in [-0.25, -0.2) is 0 Å². The van der Waals surface area contributed by atoms with Gasteiger partial charge in [0.25, 0.3) is 5.91 Å². The second-order valence-electron chi connectivity index (χ2n) is 4.49. The van der Waals surface area contributed by atoms with Crippen molar-refractivity contribution in [2.75, 3.05) is 0 Å². The lowest BCUT2D eigenvalue weighted by Crippen LogP contribution is -2.39. The number of amides is 1. The summed E-state index contributed by atoms with van der Waals surface area (Å²) in [6.45, 7) is 0. The molecule has 0 saturated heterocycles. The minimum Gasteiger partial charge on any atom is -0.739 e. The maximum Gasteiger partial charge on any atom is 0.251 e. The lowest BCUT2D eigenvalue weighted by Gasteiger charge is -2.26. The zero-order valence-electron chi connectivity index (χ0n) is 11.1. The molecular weight excluding hydrogens is 286 g/mol. The smallest absolute Gasteiger partial charge is 0.251 e. The van der Waals surface area contributed by atoms with Crippen LogP contribution < -0.4 is 5.32 Å². The first-order valence-corrected chi connectivity index (χ1v) is 6.80. The van der Waals surface area contributed by atoms with Crippen LogP contribution in [0, 0.1) is 0 Å². The van der Waals surface area contributed by atoms with E-state index < -0.39 is 17.3 Å². The Labute approximate surface area is 128 Å². The molecule has 1 amide bonds. The quantitative estimate of drug-likeness (QED) is 0.823. The second kappa shape index (κ2) is 6.97. The van der Waals surface area contributed by atoms with Crippen LogP contribution in [0.15, 0.2) is 60.7 Å². The van der Waals surface area contributed by atoms with Crippen LogP contribution in [0.1, 0.15) is 22.0 Å². The van der Waals surface area contributed by atoms with Gasteiger partial charge in [-0.15, -0.1) is 0 Å². The SMILES string of the molecule is O=C(NC(c1ccccc1)C(O)C(=O)[S-])c1ccccc1. The molecule has 21 heavy (non-hydrogen) atoms. The molecule has 4 nitrogen and oxygen atoms in total. The van der Waals surface area contributed by atoms with Gasteiger partial charge < -0.3 is 27.8 Å². The van der Waals surface area contributed by atoms with E-state index in [0.717, 1.165) is 0 Å². The average Bonchev–Trinajstić information content (AvgIpc) is 2.53. The number of hydrogen-bond acceptors (Lipinski definition) is 4. The predicted molar refractivity (Wildman–Crippen MR) is 81.5 cm³/mol. The molecule has 0 spiro atoms. The molecule has 108 valence electrons. The molecule has 0 bridgehead atoms. The number of nitrogens with one attached hydrogen (secondary N) is 1. The number of benzene rings is 2. The van der Waals surface area contributed by atoms with Crippen LogP contribution in [0.4, 0.5) is 0 Å². The molecule has 0 aliphatic carbocycles. The fraction of sp³-hybridized carbons (Fsp3) is 0.125. The van der Waals surface area contributed by atoms with Gasteiger partial charge in [-0.3, -0.25) is 4.79 Å². The summed E-state index contributed by atoms with van der Waals surface area (Å²) in [5, 5.41) is 11.8. The fourth-order valence-electron chi connectivity index (χ4n) is 1.96. The summed E-state index contributed by atoms with van der Waals surface area (Å²) in [5.74, 6) is -0.375. The van der Waals surface area contributed by atoms with Crippen molar-refractivity contribution in [2.24, 2.45) is 0 Å². The zero-order chi connectivity index (χ0) is 15.2. The van der Waals surface area contributed by atoms with Crippen molar-refractivity contribution >= 4 is 23.7 Å². The van der Waals surface area contributed by atoms with Crippen molar-refractivity contribution in [1.29, 1.82) is 0 Å². The lowest BCUT2D eigenvalue weighted by atomic mass is 10.0. The molecule has 2 aromatic rings. The van der Waals surface area contributed by atoms with Gasteiger partial charge in [-0.1, -0.05) is 48.5 Å². The third kappa shape index (κ3) is 3.87. The first-order chi connectivity index (χ1) is 10.1. The molecule has 2 aromatic carbocycles. The minimum absolute atomic E-state index is 0.375. The molecule has 2 atom stereocenters. The van der Waals surface area contributed by atoms with Gasteiger partial charge in [0, 0.05) is 10.7 Å². The monoisotopic (exact) mass is 300 g/mol. The van der Waals surface area contributed by atoms with Gasteiger partial charge in [-0.2, -0.15) is 0 Å². The van der Waals surface area contributed by atoms with Gasteiger partial charge >= 0.3 is 0 Å². The normalized spacial score (nSPS) is 13.2. The van der Waals surface area contributed by atoms with Crippen molar-refractivity contribution in [2.45, 2.75) is 12.1 Å². The summed E-state index contributed by atoms with van der Waals surface area (Å²) in [6, 6.07) is 16.5. The van der Waals surface area contributed by atoms with E-state index in [1.807, 2.05) is 6.07 Å². The van der Waals surface area contributed by atoms with Gasteiger partial charge in [0.1, 0.15) is 6.10 Å². The van der Waals surface area contributed by atoms with Crippen LogP contribution in [0.25, 0.3) is 0 Å². The maximum absolute atomic E-state index is 12.2. The number of hydrogen-bond donors (Lipinski definition) is 2. The second-order valence-corrected chi connectivity index (χ2v) is 4.89. The Balaban J connectivity index is 2.25. The minimum atomic E-state index is -1.46. The van der Waals surface area contributed by atoms with Crippen molar-refractivity contribution < 1.29 is 14.7 Å². The standard InChI is InChI=1S/C16H15NO3S/c18-14(16(20)21)13(11-7-3-1-4-8-11)17-15(19)12-9-5-2-6-10-12/h1-10,13-14,18H,(H,17,19)(H,20,21)/p-1. The Morgan fingerprint density at radius 1 is 0.952 bits per heavy atom. The first-order valence-electron chi connectivity index (χ1n) is 6.39. The molecule has 0 saturated carbocycles. The van der Waals surface area contributed by atoms with Crippen molar-refractivity contribution in [1.82, 2.24) is 5.32 Å². The predicted octanol–water partition coefficient (Wildman–Crippen LogP) is 1.59. The molecule has 2 N–H and O–H groups in total. The van der Waals surface area contributed by atoms with E-state index in [2.05, 4.69) is 17.9 Å². The van der Waals surface area contributed by atoms with E-state index >= 15 is 0 Å². The molecule has 0 aliphatic rings. The number of carbonyl (C=O) groups is 2. The van der Waals surface area contributed by atoms with Crippen molar-refractivity contribution in [3.05, 3.63) is 71.8 Å². The zero-order valence-corrected chi connectivity index (χ0v) is 11.9. The van der Waals surface area contributed by atoms with Gasteiger partial charge in [-0.05, 0) is 17.7 Å². The number of aliphatic hydroxyl groups excluding tert-OH is 1. The highest BCUT2D eigenvalue weighted by Gasteiger charge is 2.24. The average molecular weight is 300 g/mol. The summed E-state index contributed by atoms with van der Waals surface area (Å²) < 4.78 is 0. The van der Waals surface area contributed by atoms with Gasteiger partial charge in [0.05, 0.1) is 6.04 Å². The van der Waals surface area contributed by atoms with E-state index in [4.69, 9.17) is 0 Å². The highest BCUT2D eigenvalue weighted by Crippen LogP contribution is 2.18. The maximum atomic E-state index is 12.2. The number of rotatable bonds is 5. The van der Waals surface area contributed by atoms with E-state index in [1.54, 1.807) is 54.6 Å². The molecule has 0 aromatic heterocycles. The van der Waals surface area contributed by atoms with Crippen molar-refractivity contribution in [3.63, 3.8) is 0 Å². The molecule has 0 radical (unpaired) electrons. The van der Waals surface area contributed by atoms with Crippen LogP contribution in [0.5, 0.6) is 0 Å². The van der Waals surface area contributed by atoms with Crippen LogP contribution in [-0.2, 0) is 17.4 Å². The Morgan fingerprint density at radius 3 is 2.00 bits per heavy atom. The first kappa shape index (κ1) is 15.2. The molecular formula is C16H14NO3S-. The summed E-state index contributed by atoms with van der Waals surface area (Å²) in [4.78, 5) is 23.5. The van der Waals surface area contributed by atoms with Gasteiger partial charge in [0.2, 0.25) is 0 Å². The summed E-state index contributed by atoms with van der Waals surface area (Å²) >= 11 is 4.51. The largest absolute Gasteiger partial charge is 0.739 e. The number of carbonyl (C=O) groups excluding carboxylic acids is 2. The van der Waals surface area contributed by atoms with Gasteiger partial charge in [0.15, 0.2) is 0 Å². The van der Waals surface area contributed by atoms with Crippen LogP contribution in [-0.4, -0.2) is 22.2 Å². The summed E-state index contributed by atoms with van der Waals surface area (Å²) in [6.07, 6.45) is -1.46. The highest BCUT2D eigenvalue weighted by atomic mass is 32.1. The molecule has 0 aliphatic heterocycles. The summed E-state index contributed by atoms with van der Waals surface area (Å²) in [7, 11) is 0. The van der Waals surface area contributed by atoms with Crippen molar-refractivity contribution in [3.8, 4) is 0 Å². The molecule has 0 heterocycles. The van der Waals surface area contributed by atoms with E-state index in [-0.39, 0.29) is 5.91 Å². The van der Waals surface area contributed by atoms with Crippen LogP contribution in [0.3, 0.4) is 0 Å². The third-order valence-electron chi connectivity index (χ3n) is 3.04. The Kier molecular flexibility index (Phi) is 5.03. The number of aliphatic hydroxyl groups is 1. The van der Waals surface area contributed by atoms with E-state index in [0.29, 0.717) is 11.1 Å². The van der Waals surface area contributed by atoms with E-state index in [9.17, 15) is 14.7 Å². The highest BCUT2D eigenvalue weighted by molar-refractivity contribution is 7.77. The fourth-order valence-corrected chi connectivity index (χ4v) is 2.09. The van der Waals surface area contributed by atoms with Crippen LogP contribution >= 0.6 is 0 Å². The van der Waals surface area contributed by atoms with E-state index in [1.165, 1.54) is 0 Å². The molecule has 5 heteroatoms. The molecule has 2 unspecified atom stereocenters. The Bertz CT molecular complexity index is 616. The third-order valence-corrected chi connectivity index (χ3v) is 3.28. The lowest BCUT2D eigenvalue weighted by molar-refractivity contribution is -0.119. The molecule has 0 fully saturated rings. The summed E-state index contributed by atoms with van der Waals surface area (Å²) in [5.41, 5.74) is 1.06. The topological polar surface area (TPSA) is 66.4 Å².